The van der Waals surface area contributed by atoms with Crippen molar-refractivity contribution in [3.8, 4) is 11.3 Å². The molecule has 1 aromatic carbocycles. The summed E-state index contributed by atoms with van der Waals surface area (Å²) in [6.07, 6.45) is 1.71. The number of nitrogens with zero attached hydrogens (tertiary/aromatic N) is 1. The number of nitrogens with two attached hydrogens (primary N) is 1. The molecule has 0 fully saturated rings. The Morgan fingerprint density at radius 2 is 2.00 bits per heavy atom. The van der Waals surface area contributed by atoms with Crippen LogP contribution in [0, 0.1) is 0 Å². The Labute approximate surface area is 110 Å². The largest absolute Gasteiger partial charge is 0.340 e. The normalized spacial score (nSPS) is 11.8. The number of aromatic nitrogens is 2. The first-order chi connectivity index (χ1) is 7.88. The summed E-state index contributed by atoms with van der Waals surface area (Å²) in [5.74, 6) is 0.712. The molecule has 17 heavy (non-hydrogen) atoms. The molecule has 0 saturated carbocycles. The molecule has 3 N–H and O–H groups in total. The van der Waals surface area contributed by atoms with E-state index in [9.17, 15) is 0 Å². The first-order valence-electron chi connectivity index (χ1n) is 5.18. The van der Waals surface area contributed by atoms with Crippen LogP contribution >= 0.6 is 23.2 Å². The van der Waals surface area contributed by atoms with Crippen LogP contribution in [0.1, 0.15) is 19.7 Å². The molecule has 0 unspecified atom stereocenters. The number of imidazole rings is 1. The smallest absolute Gasteiger partial charge is 0.126 e. The Morgan fingerprint density at radius 3 is 2.59 bits per heavy atom. The van der Waals surface area contributed by atoms with E-state index in [-0.39, 0.29) is 0 Å². The molecular formula is C12H13Cl2N3. The van der Waals surface area contributed by atoms with Crippen LogP contribution in [0.4, 0.5) is 0 Å². The second kappa shape index (κ2) is 4.33. The van der Waals surface area contributed by atoms with E-state index in [2.05, 4.69) is 9.97 Å². The predicted molar refractivity (Wildman–Crippen MR) is 71.3 cm³/mol. The summed E-state index contributed by atoms with van der Waals surface area (Å²) >= 11 is 12.1. The molecule has 3 nitrogen and oxygen atoms in total. The number of H-pyrrole nitrogens is 1. The zero-order valence-corrected chi connectivity index (χ0v) is 11.1. The van der Waals surface area contributed by atoms with Crippen LogP contribution in [0.3, 0.4) is 0 Å². The maximum absolute atomic E-state index is 6.12. The average molecular weight is 270 g/mol. The molecule has 0 saturated heterocycles. The van der Waals surface area contributed by atoms with E-state index in [0.29, 0.717) is 15.9 Å². The van der Waals surface area contributed by atoms with Crippen molar-refractivity contribution in [1.82, 2.24) is 9.97 Å². The first kappa shape index (κ1) is 12.4. The molecule has 0 spiro atoms. The van der Waals surface area contributed by atoms with Gasteiger partial charge >= 0.3 is 0 Å². The molecule has 0 aliphatic carbocycles. The van der Waals surface area contributed by atoms with Crippen LogP contribution in [0.25, 0.3) is 11.3 Å². The van der Waals surface area contributed by atoms with Crippen molar-refractivity contribution in [2.75, 3.05) is 0 Å². The van der Waals surface area contributed by atoms with Crippen LogP contribution in [0.5, 0.6) is 0 Å². The van der Waals surface area contributed by atoms with Crippen molar-refractivity contribution in [3.05, 3.63) is 40.3 Å². The van der Waals surface area contributed by atoms with Gasteiger partial charge in [-0.1, -0.05) is 23.2 Å². The number of rotatable bonds is 2. The molecule has 2 aromatic rings. The summed E-state index contributed by atoms with van der Waals surface area (Å²) in [5, 5.41) is 1.26. The maximum atomic E-state index is 6.12. The maximum Gasteiger partial charge on any atom is 0.126 e. The van der Waals surface area contributed by atoms with Crippen molar-refractivity contribution >= 4 is 23.2 Å². The van der Waals surface area contributed by atoms with Gasteiger partial charge in [0.25, 0.3) is 0 Å². The van der Waals surface area contributed by atoms with Gasteiger partial charge < -0.3 is 10.7 Å². The van der Waals surface area contributed by atoms with Crippen molar-refractivity contribution < 1.29 is 0 Å². The summed E-state index contributed by atoms with van der Waals surface area (Å²) < 4.78 is 0. The van der Waals surface area contributed by atoms with E-state index < -0.39 is 5.54 Å². The number of nitrogens with one attached hydrogen (secondary N) is 1. The highest BCUT2D eigenvalue weighted by atomic mass is 35.5. The monoisotopic (exact) mass is 269 g/mol. The average Bonchev–Trinajstić information content (AvgIpc) is 2.70. The van der Waals surface area contributed by atoms with Crippen molar-refractivity contribution in [1.29, 1.82) is 0 Å². The molecule has 1 heterocycles. The summed E-state index contributed by atoms with van der Waals surface area (Å²) in [6, 6.07) is 5.30. The van der Waals surface area contributed by atoms with Crippen LogP contribution in [-0.2, 0) is 5.54 Å². The lowest BCUT2D eigenvalue weighted by molar-refractivity contribution is 0.520. The minimum absolute atomic E-state index is 0.511. The van der Waals surface area contributed by atoms with E-state index in [1.807, 2.05) is 13.8 Å². The van der Waals surface area contributed by atoms with Crippen LogP contribution in [0.15, 0.2) is 24.4 Å². The standard InChI is InChI=1S/C12H13Cl2N3/c1-12(2,15)11-16-6-10(17-11)8-5-7(13)3-4-9(8)14/h3-6H,15H2,1-2H3,(H,16,17). The third-order valence-corrected chi connectivity index (χ3v) is 2.97. The van der Waals surface area contributed by atoms with Gasteiger partial charge in [0.1, 0.15) is 5.82 Å². The number of hydrogen-bond acceptors (Lipinski definition) is 2. The van der Waals surface area contributed by atoms with Gasteiger partial charge in [-0.3, -0.25) is 0 Å². The summed E-state index contributed by atoms with van der Waals surface area (Å²) in [5.41, 5.74) is 7.09. The van der Waals surface area contributed by atoms with Gasteiger partial charge in [0.2, 0.25) is 0 Å². The molecule has 90 valence electrons. The van der Waals surface area contributed by atoms with E-state index in [1.54, 1.807) is 24.4 Å². The Hall–Kier alpha value is -1.03. The SMILES string of the molecule is CC(C)(N)c1ncc(-c2cc(Cl)ccc2Cl)[nH]1. The second-order valence-corrected chi connectivity index (χ2v) is 5.33. The molecule has 0 amide bonds. The number of aromatic amines is 1. The van der Waals surface area contributed by atoms with Crippen molar-refractivity contribution in [2.24, 2.45) is 5.73 Å². The molecule has 0 aliphatic rings. The van der Waals surface area contributed by atoms with Gasteiger partial charge in [-0.2, -0.15) is 0 Å². The molecule has 0 aliphatic heterocycles. The molecule has 0 bridgehead atoms. The molecule has 2 rings (SSSR count). The van der Waals surface area contributed by atoms with Gasteiger partial charge in [0, 0.05) is 10.6 Å². The van der Waals surface area contributed by atoms with Crippen LogP contribution in [0.2, 0.25) is 10.0 Å². The summed E-state index contributed by atoms with van der Waals surface area (Å²) in [6.45, 7) is 3.77. The lowest BCUT2D eigenvalue weighted by atomic mass is 10.1. The van der Waals surface area contributed by atoms with E-state index >= 15 is 0 Å². The topological polar surface area (TPSA) is 54.7 Å². The summed E-state index contributed by atoms with van der Waals surface area (Å²) in [4.78, 5) is 7.41. The minimum atomic E-state index is -0.511. The molecule has 5 heteroatoms. The zero-order valence-electron chi connectivity index (χ0n) is 9.59. The van der Waals surface area contributed by atoms with Crippen molar-refractivity contribution in [3.63, 3.8) is 0 Å². The molecule has 0 atom stereocenters. The van der Waals surface area contributed by atoms with E-state index in [4.69, 9.17) is 28.9 Å². The predicted octanol–water partition coefficient (Wildman–Crippen LogP) is 3.58. The Balaban J connectivity index is 2.47. The highest BCUT2D eigenvalue weighted by Crippen LogP contribution is 2.30. The number of hydrogen-bond donors (Lipinski definition) is 2. The Kier molecular flexibility index (Phi) is 3.17. The van der Waals surface area contributed by atoms with Gasteiger partial charge in [0.05, 0.1) is 22.5 Å². The fourth-order valence-electron chi connectivity index (χ4n) is 1.49. The van der Waals surface area contributed by atoms with Gasteiger partial charge in [-0.15, -0.1) is 0 Å². The fourth-order valence-corrected chi connectivity index (χ4v) is 1.88. The fraction of sp³-hybridized carbons (Fsp3) is 0.250. The summed E-state index contributed by atoms with van der Waals surface area (Å²) in [7, 11) is 0. The molecule has 0 radical (unpaired) electrons. The van der Waals surface area contributed by atoms with Gasteiger partial charge in [-0.25, -0.2) is 4.98 Å². The zero-order chi connectivity index (χ0) is 12.6. The van der Waals surface area contributed by atoms with Gasteiger partial charge in [0.15, 0.2) is 0 Å². The quantitative estimate of drug-likeness (QED) is 0.876. The lowest BCUT2D eigenvalue weighted by Crippen LogP contribution is -2.30. The number of benzene rings is 1. The van der Waals surface area contributed by atoms with Crippen LogP contribution in [-0.4, -0.2) is 9.97 Å². The third-order valence-electron chi connectivity index (χ3n) is 2.40. The van der Waals surface area contributed by atoms with Crippen LogP contribution < -0.4 is 5.73 Å². The van der Waals surface area contributed by atoms with Crippen molar-refractivity contribution in [2.45, 2.75) is 19.4 Å². The Morgan fingerprint density at radius 1 is 1.29 bits per heavy atom. The molecule has 1 aromatic heterocycles. The van der Waals surface area contributed by atoms with Gasteiger partial charge in [-0.05, 0) is 32.0 Å². The minimum Gasteiger partial charge on any atom is -0.340 e. The molecular weight excluding hydrogens is 257 g/mol. The van der Waals surface area contributed by atoms with E-state index in [0.717, 1.165) is 11.3 Å². The Bertz CT molecular complexity index is 541. The highest BCUT2D eigenvalue weighted by Gasteiger charge is 2.18. The highest BCUT2D eigenvalue weighted by molar-refractivity contribution is 6.35. The van der Waals surface area contributed by atoms with E-state index in [1.165, 1.54) is 0 Å². The first-order valence-corrected chi connectivity index (χ1v) is 5.93. The second-order valence-electron chi connectivity index (χ2n) is 4.49. The lowest BCUT2D eigenvalue weighted by Gasteiger charge is -2.14. The number of halogens is 2. The third kappa shape index (κ3) is 2.63.